The lowest BCUT2D eigenvalue weighted by atomic mass is 10.1. The summed E-state index contributed by atoms with van der Waals surface area (Å²) in [6.07, 6.45) is 1.36. The Morgan fingerprint density at radius 3 is 2.70 bits per heavy atom. The van der Waals surface area contributed by atoms with Gasteiger partial charge in [0, 0.05) is 11.6 Å². The Bertz CT molecular complexity index is 1160. The normalized spacial score (nSPS) is 10.9. The van der Waals surface area contributed by atoms with Crippen molar-refractivity contribution < 1.29 is 9.66 Å². The van der Waals surface area contributed by atoms with Gasteiger partial charge in [-0.05, 0) is 18.6 Å². The number of aromatic nitrogens is 4. The van der Waals surface area contributed by atoms with Crippen molar-refractivity contribution in [2.24, 2.45) is 0 Å². The number of nitrogens with zero attached hydrogens (tertiary/aromatic N) is 5. The molecule has 0 fully saturated rings. The van der Waals surface area contributed by atoms with Gasteiger partial charge in [-0.1, -0.05) is 41.9 Å². The summed E-state index contributed by atoms with van der Waals surface area (Å²) in [4.78, 5) is 19.2. The number of fused-ring (bicyclic) bond motifs is 1. The summed E-state index contributed by atoms with van der Waals surface area (Å²) >= 11 is 5.95. The van der Waals surface area contributed by atoms with Crippen molar-refractivity contribution in [3.8, 4) is 22.9 Å². The van der Waals surface area contributed by atoms with Crippen LogP contribution in [0.3, 0.4) is 0 Å². The van der Waals surface area contributed by atoms with Crippen LogP contribution < -0.4 is 4.74 Å². The predicted octanol–water partition coefficient (Wildman–Crippen LogP) is 4.45. The van der Waals surface area contributed by atoms with Crippen molar-refractivity contribution in [1.29, 1.82) is 0 Å². The smallest absolute Gasteiger partial charge is 0.291 e. The second-order valence-electron chi connectivity index (χ2n) is 5.75. The van der Waals surface area contributed by atoms with E-state index in [0.717, 1.165) is 5.56 Å². The Kier molecular flexibility index (Phi) is 4.17. The molecule has 0 amide bonds. The van der Waals surface area contributed by atoms with Gasteiger partial charge in [-0.15, -0.1) is 0 Å². The van der Waals surface area contributed by atoms with E-state index in [9.17, 15) is 10.1 Å². The van der Waals surface area contributed by atoms with Crippen LogP contribution in [0.1, 0.15) is 5.56 Å². The molecule has 9 heteroatoms. The van der Waals surface area contributed by atoms with E-state index in [-0.39, 0.29) is 10.7 Å². The molecular formula is C18H12ClN5O3. The van der Waals surface area contributed by atoms with Gasteiger partial charge in [-0.25, -0.2) is 4.98 Å². The molecule has 0 saturated heterocycles. The molecule has 0 aliphatic carbocycles. The Morgan fingerprint density at radius 1 is 1.19 bits per heavy atom. The summed E-state index contributed by atoms with van der Waals surface area (Å²) in [5.41, 5.74) is 1.94. The summed E-state index contributed by atoms with van der Waals surface area (Å²) in [7, 11) is 0. The van der Waals surface area contributed by atoms with Crippen LogP contribution in [0.25, 0.3) is 17.0 Å². The van der Waals surface area contributed by atoms with Crippen molar-refractivity contribution >= 4 is 23.1 Å². The average Bonchev–Trinajstić information content (AvgIpc) is 3.13. The van der Waals surface area contributed by atoms with Crippen molar-refractivity contribution in [3.05, 3.63) is 75.6 Å². The number of aryl methyl sites for hydroxylation is 1. The Labute approximate surface area is 158 Å². The summed E-state index contributed by atoms with van der Waals surface area (Å²) in [6.45, 7) is 1.75. The highest BCUT2D eigenvalue weighted by atomic mass is 35.5. The van der Waals surface area contributed by atoms with Crippen molar-refractivity contribution in [2.75, 3.05) is 0 Å². The SMILES string of the molecule is Cc1cc(Cl)c([N+](=O)[O-])cc1Oc1cc(-c2ccccc2)nc2ncnn12. The molecule has 0 saturated carbocycles. The molecule has 134 valence electrons. The lowest BCUT2D eigenvalue weighted by Gasteiger charge is -2.11. The number of rotatable bonds is 4. The fourth-order valence-corrected chi connectivity index (χ4v) is 2.91. The van der Waals surface area contributed by atoms with E-state index in [2.05, 4.69) is 15.1 Å². The van der Waals surface area contributed by atoms with Gasteiger partial charge in [0.1, 0.15) is 17.1 Å². The van der Waals surface area contributed by atoms with E-state index in [1.54, 1.807) is 13.0 Å². The van der Waals surface area contributed by atoms with Crippen LogP contribution in [0, 0.1) is 17.0 Å². The number of nitro groups is 1. The first-order valence-corrected chi connectivity index (χ1v) is 8.29. The van der Waals surface area contributed by atoms with Crippen LogP contribution in [0.15, 0.2) is 54.9 Å². The largest absolute Gasteiger partial charge is 0.438 e. The average molecular weight is 382 g/mol. The summed E-state index contributed by atoms with van der Waals surface area (Å²) in [5.74, 6) is 0.983. The molecule has 4 aromatic rings. The van der Waals surface area contributed by atoms with Crippen LogP contribution in [0.4, 0.5) is 5.69 Å². The van der Waals surface area contributed by atoms with Gasteiger partial charge in [-0.2, -0.15) is 14.6 Å². The fraction of sp³-hybridized carbons (Fsp3) is 0.0556. The lowest BCUT2D eigenvalue weighted by molar-refractivity contribution is -0.384. The quantitative estimate of drug-likeness (QED) is 0.382. The van der Waals surface area contributed by atoms with Gasteiger partial charge in [0.2, 0.25) is 5.88 Å². The number of halogens is 1. The van der Waals surface area contributed by atoms with E-state index in [4.69, 9.17) is 16.3 Å². The molecule has 0 N–H and O–H groups in total. The molecule has 2 heterocycles. The molecule has 2 aromatic carbocycles. The Hall–Kier alpha value is -3.52. The minimum absolute atomic E-state index is 0.0513. The van der Waals surface area contributed by atoms with Crippen molar-refractivity contribution in [2.45, 2.75) is 6.92 Å². The van der Waals surface area contributed by atoms with Crippen LogP contribution >= 0.6 is 11.6 Å². The van der Waals surface area contributed by atoms with Gasteiger partial charge in [0.25, 0.3) is 11.5 Å². The van der Waals surface area contributed by atoms with Crippen molar-refractivity contribution in [1.82, 2.24) is 19.6 Å². The number of benzene rings is 2. The molecule has 0 radical (unpaired) electrons. The lowest BCUT2D eigenvalue weighted by Crippen LogP contribution is -2.01. The second kappa shape index (κ2) is 6.65. The third-order valence-electron chi connectivity index (χ3n) is 3.94. The number of hydrogen-bond acceptors (Lipinski definition) is 6. The molecule has 4 rings (SSSR count). The van der Waals surface area contributed by atoms with E-state index < -0.39 is 4.92 Å². The summed E-state index contributed by atoms with van der Waals surface area (Å²) in [5, 5.41) is 15.3. The highest BCUT2D eigenvalue weighted by Gasteiger charge is 2.18. The third-order valence-corrected chi connectivity index (χ3v) is 4.25. The molecule has 0 atom stereocenters. The third kappa shape index (κ3) is 3.18. The van der Waals surface area contributed by atoms with Crippen molar-refractivity contribution in [3.63, 3.8) is 0 Å². The maximum Gasteiger partial charge on any atom is 0.291 e. The highest BCUT2D eigenvalue weighted by molar-refractivity contribution is 6.32. The van der Waals surface area contributed by atoms with Crippen LogP contribution in [-0.4, -0.2) is 24.5 Å². The Balaban J connectivity index is 1.84. The number of hydrogen-bond donors (Lipinski definition) is 0. The topological polar surface area (TPSA) is 95.5 Å². The van der Waals surface area contributed by atoms with Gasteiger partial charge < -0.3 is 4.74 Å². The van der Waals surface area contributed by atoms with Crippen LogP contribution in [-0.2, 0) is 0 Å². The fourth-order valence-electron chi connectivity index (χ4n) is 2.62. The molecule has 0 aliphatic rings. The molecular weight excluding hydrogens is 370 g/mol. The van der Waals surface area contributed by atoms with Gasteiger partial charge in [-0.3, -0.25) is 10.1 Å². The van der Waals surface area contributed by atoms with Gasteiger partial charge in [0.15, 0.2) is 0 Å². The minimum Gasteiger partial charge on any atom is -0.438 e. The van der Waals surface area contributed by atoms with E-state index in [1.165, 1.54) is 23.0 Å². The maximum absolute atomic E-state index is 11.2. The molecule has 2 aromatic heterocycles. The molecule has 8 nitrogen and oxygen atoms in total. The first kappa shape index (κ1) is 16.9. The molecule has 0 bridgehead atoms. The summed E-state index contributed by atoms with van der Waals surface area (Å²) in [6, 6.07) is 14.0. The molecule has 0 spiro atoms. The zero-order valence-corrected chi connectivity index (χ0v) is 14.8. The van der Waals surface area contributed by atoms with E-state index in [0.29, 0.717) is 28.7 Å². The molecule has 0 aliphatic heterocycles. The van der Waals surface area contributed by atoms with Crippen LogP contribution in [0.2, 0.25) is 5.02 Å². The number of ether oxygens (including phenoxy) is 1. The zero-order valence-electron chi connectivity index (χ0n) is 14.0. The van der Waals surface area contributed by atoms with E-state index in [1.807, 2.05) is 30.3 Å². The first-order valence-electron chi connectivity index (χ1n) is 7.91. The zero-order chi connectivity index (χ0) is 19.0. The van der Waals surface area contributed by atoms with Gasteiger partial charge in [0.05, 0.1) is 16.7 Å². The summed E-state index contributed by atoms with van der Waals surface area (Å²) < 4.78 is 7.37. The predicted molar refractivity (Wildman–Crippen MR) is 99.1 cm³/mol. The molecule has 0 unspecified atom stereocenters. The van der Waals surface area contributed by atoms with Gasteiger partial charge >= 0.3 is 0 Å². The first-order chi connectivity index (χ1) is 13.0. The monoisotopic (exact) mass is 381 g/mol. The highest BCUT2D eigenvalue weighted by Crippen LogP contribution is 2.35. The minimum atomic E-state index is -0.554. The Morgan fingerprint density at radius 2 is 1.96 bits per heavy atom. The van der Waals surface area contributed by atoms with E-state index >= 15 is 0 Å². The second-order valence-corrected chi connectivity index (χ2v) is 6.15. The number of nitro benzene ring substituents is 1. The maximum atomic E-state index is 11.2. The molecule has 27 heavy (non-hydrogen) atoms. The standard InChI is InChI=1S/C18H12ClN5O3/c1-11-7-13(19)15(24(25)26)9-16(11)27-17-8-14(12-5-3-2-4-6-12)22-18-20-10-21-23(17)18/h2-10H,1H3. The van der Waals surface area contributed by atoms with Crippen LogP contribution in [0.5, 0.6) is 11.6 Å².